The number of carbonyl (C=O) groups excluding carboxylic acids is 1. The van der Waals surface area contributed by atoms with E-state index in [1.54, 1.807) is 17.2 Å². The van der Waals surface area contributed by atoms with Crippen molar-refractivity contribution in [3.8, 4) is 0 Å². The standard InChI is InChI=1S/C19H19F2N5O/c20-19(21)6-3-8-26(9-7-19)17-15(18(27)24-14-11-22-23-12-14)10-13-4-1-2-5-16(13)25-17/h1-2,4-5,10-12H,3,6-9H2,(H,22,23)(H,24,27). The van der Waals surface area contributed by atoms with Crippen molar-refractivity contribution < 1.29 is 13.6 Å². The molecular weight excluding hydrogens is 352 g/mol. The van der Waals surface area contributed by atoms with Crippen LogP contribution in [-0.2, 0) is 0 Å². The van der Waals surface area contributed by atoms with Crippen molar-refractivity contribution in [1.82, 2.24) is 15.2 Å². The topological polar surface area (TPSA) is 73.9 Å². The van der Waals surface area contributed by atoms with E-state index in [0.717, 1.165) is 10.9 Å². The molecule has 8 heteroatoms. The van der Waals surface area contributed by atoms with Gasteiger partial charge in [0, 0.05) is 37.5 Å². The number of halogens is 2. The Bertz CT molecular complexity index is 958. The second-order valence-corrected chi connectivity index (χ2v) is 6.69. The number of alkyl halides is 2. The first kappa shape index (κ1) is 17.4. The average molecular weight is 371 g/mol. The van der Waals surface area contributed by atoms with Gasteiger partial charge in [0.2, 0.25) is 5.92 Å². The molecule has 1 aliphatic heterocycles. The van der Waals surface area contributed by atoms with Gasteiger partial charge in [-0.3, -0.25) is 9.89 Å². The fraction of sp³-hybridized carbons (Fsp3) is 0.316. The van der Waals surface area contributed by atoms with Gasteiger partial charge in [0.25, 0.3) is 5.91 Å². The summed E-state index contributed by atoms with van der Waals surface area (Å²) in [4.78, 5) is 19.3. The maximum atomic E-state index is 13.8. The van der Waals surface area contributed by atoms with Gasteiger partial charge >= 0.3 is 0 Å². The van der Waals surface area contributed by atoms with Gasteiger partial charge in [-0.05, 0) is 18.6 Å². The Morgan fingerprint density at radius 3 is 2.89 bits per heavy atom. The molecule has 0 atom stereocenters. The van der Waals surface area contributed by atoms with Crippen molar-refractivity contribution in [2.75, 3.05) is 23.3 Å². The first-order valence-electron chi connectivity index (χ1n) is 8.85. The lowest BCUT2D eigenvalue weighted by Crippen LogP contribution is -2.29. The molecule has 4 rings (SSSR count). The van der Waals surface area contributed by atoms with E-state index in [4.69, 9.17) is 0 Å². The largest absolute Gasteiger partial charge is 0.356 e. The fourth-order valence-corrected chi connectivity index (χ4v) is 3.31. The summed E-state index contributed by atoms with van der Waals surface area (Å²) in [5.41, 5.74) is 1.62. The summed E-state index contributed by atoms with van der Waals surface area (Å²) < 4.78 is 27.6. The monoisotopic (exact) mass is 371 g/mol. The molecule has 2 aromatic heterocycles. The molecule has 0 radical (unpaired) electrons. The third-order valence-corrected chi connectivity index (χ3v) is 4.72. The van der Waals surface area contributed by atoms with Crippen LogP contribution < -0.4 is 10.2 Å². The quantitative estimate of drug-likeness (QED) is 0.734. The molecule has 0 bridgehead atoms. The molecule has 3 aromatic rings. The fourth-order valence-electron chi connectivity index (χ4n) is 3.31. The molecule has 1 aliphatic rings. The zero-order valence-corrected chi connectivity index (χ0v) is 14.6. The van der Waals surface area contributed by atoms with Crippen LogP contribution in [0.5, 0.6) is 0 Å². The lowest BCUT2D eigenvalue weighted by molar-refractivity contribution is -0.0102. The molecule has 0 aliphatic carbocycles. The number of aromatic nitrogens is 3. The second kappa shape index (κ2) is 6.94. The van der Waals surface area contributed by atoms with Crippen LogP contribution in [-0.4, -0.2) is 40.1 Å². The Morgan fingerprint density at radius 1 is 1.22 bits per heavy atom. The Labute approximate surface area is 154 Å². The van der Waals surface area contributed by atoms with Gasteiger partial charge in [-0.15, -0.1) is 0 Å². The number of nitrogens with one attached hydrogen (secondary N) is 2. The summed E-state index contributed by atoms with van der Waals surface area (Å²) in [5, 5.41) is 10.0. The second-order valence-electron chi connectivity index (χ2n) is 6.69. The minimum atomic E-state index is -2.68. The summed E-state index contributed by atoms with van der Waals surface area (Å²) in [6, 6.07) is 9.21. The minimum absolute atomic E-state index is 0.145. The number of hydrogen-bond donors (Lipinski definition) is 2. The van der Waals surface area contributed by atoms with Gasteiger partial charge in [0.05, 0.1) is 23.0 Å². The van der Waals surface area contributed by atoms with E-state index < -0.39 is 5.92 Å². The normalized spacial score (nSPS) is 16.9. The third-order valence-electron chi connectivity index (χ3n) is 4.72. The predicted molar refractivity (Wildman–Crippen MR) is 99.3 cm³/mol. The van der Waals surface area contributed by atoms with Gasteiger partial charge in [-0.2, -0.15) is 5.10 Å². The maximum Gasteiger partial charge on any atom is 0.259 e. The van der Waals surface area contributed by atoms with E-state index in [0.29, 0.717) is 30.0 Å². The number of hydrogen-bond acceptors (Lipinski definition) is 4. The molecule has 0 saturated carbocycles. The van der Waals surface area contributed by atoms with Crippen LogP contribution in [0.1, 0.15) is 29.6 Å². The number of fused-ring (bicyclic) bond motifs is 1. The number of nitrogens with zero attached hydrogens (tertiary/aromatic N) is 3. The molecule has 1 aromatic carbocycles. The molecule has 1 amide bonds. The number of H-pyrrole nitrogens is 1. The Kier molecular flexibility index (Phi) is 4.47. The first-order valence-corrected chi connectivity index (χ1v) is 8.85. The lowest BCUT2D eigenvalue weighted by atomic mass is 10.1. The van der Waals surface area contributed by atoms with Crippen molar-refractivity contribution in [3.63, 3.8) is 0 Å². The van der Waals surface area contributed by atoms with Crippen molar-refractivity contribution in [3.05, 3.63) is 48.3 Å². The smallest absolute Gasteiger partial charge is 0.259 e. The maximum absolute atomic E-state index is 13.8. The van der Waals surface area contributed by atoms with Crippen molar-refractivity contribution in [1.29, 1.82) is 0 Å². The zero-order valence-electron chi connectivity index (χ0n) is 14.6. The Hall–Kier alpha value is -3.03. The molecule has 27 heavy (non-hydrogen) atoms. The Morgan fingerprint density at radius 2 is 2.07 bits per heavy atom. The van der Waals surface area contributed by atoms with Gasteiger partial charge in [0.15, 0.2) is 0 Å². The summed E-state index contributed by atoms with van der Waals surface area (Å²) in [7, 11) is 0. The average Bonchev–Trinajstić information content (AvgIpc) is 3.09. The SMILES string of the molecule is O=C(Nc1cn[nH]c1)c1cc2ccccc2nc1N1CCCC(F)(F)CC1. The number of aromatic amines is 1. The van der Waals surface area contributed by atoms with Crippen LogP contribution in [0.25, 0.3) is 10.9 Å². The molecule has 1 fully saturated rings. The number of rotatable bonds is 3. The third kappa shape index (κ3) is 3.74. The lowest BCUT2D eigenvalue weighted by Gasteiger charge is -2.24. The van der Waals surface area contributed by atoms with Gasteiger partial charge in [-0.1, -0.05) is 18.2 Å². The molecule has 0 unspecified atom stereocenters. The van der Waals surface area contributed by atoms with Gasteiger partial charge in [-0.25, -0.2) is 13.8 Å². The molecule has 0 spiro atoms. The van der Waals surface area contributed by atoms with Crippen molar-refractivity contribution >= 4 is 28.3 Å². The van der Waals surface area contributed by atoms with Gasteiger partial charge < -0.3 is 10.2 Å². The van der Waals surface area contributed by atoms with Crippen LogP contribution in [0.2, 0.25) is 0 Å². The van der Waals surface area contributed by atoms with Crippen molar-refractivity contribution in [2.45, 2.75) is 25.2 Å². The summed E-state index contributed by atoms with van der Waals surface area (Å²) in [6.07, 6.45) is 3.03. The van der Waals surface area contributed by atoms with Crippen LogP contribution >= 0.6 is 0 Å². The number of anilines is 2. The highest BCUT2D eigenvalue weighted by atomic mass is 19.3. The van der Waals surface area contributed by atoms with E-state index >= 15 is 0 Å². The van der Waals surface area contributed by atoms with E-state index in [-0.39, 0.29) is 25.3 Å². The molecule has 2 N–H and O–H groups in total. The molecular formula is C19H19F2N5O. The first-order chi connectivity index (χ1) is 13.0. The van der Waals surface area contributed by atoms with Crippen molar-refractivity contribution in [2.24, 2.45) is 0 Å². The highest BCUT2D eigenvalue weighted by molar-refractivity contribution is 6.09. The number of pyridine rings is 1. The number of carbonyl (C=O) groups is 1. The van der Waals surface area contributed by atoms with Crippen LogP contribution in [0.15, 0.2) is 42.7 Å². The Balaban J connectivity index is 1.74. The molecule has 1 saturated heterocycles. The highest BCUT2D eigenvalue weighted by Gasteiger charge is 2.33. The number of benzene rings is 1. The van der Waals surface area contributed by atoms with Crippen LogP contribution in [0, 0.1) is 0 Å². The van der Waals surface area contributed by atoms with Crippen LogP contribution in [0.3, 0.4) is 0 Å². The molecule has 140 valence electrons. The van der Waals surface area contributed by atoms with E-state index in [1.807, 2.05) is 24.3 Å². The summed E-state index contributed by atoms with van der Waals surface area (Å²) in [5.74, 6) is -2.58. The van der Waals surface area contributed by atoms with E-state index in [2.05, 4.69) is 20.5 Å². The van der Waals surface area contributed by atoms with Gasteiger partial charge in [0.1, 0.15) is 5.82 Å². The number of amides is 1. The highest BCUT2D eigenvalue weighted by Crippen LogP contribution is 2.32. The minimum Gasteiger partial charge on any atom is -0.356 e. The van der Waals surface area contributed by atoms with E-state index in [1.165, 1.54) is 6.20 Å². The predicted octanol–water partition coefficient (Wildman–Crippen LogP) is 3.84. The number of para-hydroxylation sites is 1. The molecule has 6 nitrogen and oxygen atoms in total. The zero-order chi connectivity index (χ0) is 18.9. The van der Waals surface area contributed by atoms with Crippen LogP contribution in [0.4, 0.5) is 20.3 Å². The summed E-state index contributed by atoms with van der Waals surface area (Å²) in [6.45, 7) is 0.594. The van der Waals surface area contributed by atoms with E-state index in [9.17, 15) is 13.6 Å². The molecule has 3 heterocycles. The summed E-state index contributed by atoms with van der Waals surface area (Å²) >= 11 is 0.